The lowest BCUT2D eigenvalue weighted by Gasteiger charge is -2.27. The van der Waals surface area contributed by atoms with Gasteiger partial charge in [-0.1, -0.05) is 30.3 Å². The van der Waals surface area contributed by atoms with Crippen molar-refractivity contribution >= 4 is 18.0 Å². The van der Waals surface area contributed by atoms with Crippen LogP contribution in [0.25, 0.3) is 0 Å². The summed E-state index contributed by atoms with van der Waals surface area (Å²) in [5, 5.41) is 2.65. The minimum absolute atomic E-state index is 0.234. The first kappa shape index (κ1) is 19.8. The molecule has 1 aliphatic rings. The molecule has 7 nitrogen and oxygen atoms in total. The van der Waals surface area contributed by atoms with Crippen molar-refractivity contribution in [2.75, 3.05) is 13.6 Å². The van der Waals surface area contributed by atoms with Gasteiger partial charge in [-0.2, -0.15) is 0 Å². The van der Waals surface area contributed by atoms with Gasteiger partial charge < -0.3 is 15.0 Å². The van der Waals surface area contributed by atoms with E-state index >= 15 is 0 Å². The number of hydrogen-bond acceptors (Lipinski definition) is 4. The number of amides is 4. The Kier molecular flexibility index (Phi) is 6.23. The van der Waals surface area contributed by atoms with Crippen molar-refractivity contribution in [3.8, 4) is 0 Å². The van der Waals surface area contributed by atoms with Gasteiger partial charge in [-0.3, -0.25) is 9.69 Å². The molecule has 1 aliphatic heterocycles. The Balaban J connectivity index is 1.96. The van der Waals surface area contributed by atoms with E-state index in [-0.39, 0.29) is 18.0 Å². The summed E-state index contributed by atoms with van der Waals surface area (Å²) in [5.41, 5.74) is 0.424. The summed E-state index contributed by atoms with van der Waals surface area (Å²) in [5.74, 6) is -0.234. The number of ether oxygens (including phenoxy) is 1. The molecule has 1 aromatic rings. The number of nitrogens with one attached hydrogen (secondary N) is 1. The highest BCUT2D eigenvalue weighted by Gasteiger charge is 2.34. The first-order valence-electron chi connectivity index (χ1n) is 8.77. The maximum absolute atomic E-state index is 12.5. The van der Waals surface area contributed by atoms with Gasteiger partial charge in [0.2, 0.25) is 0 Å². The quantitative estimate of drug-likeness (QED) is 0.790. The zero-order valence-electron chi connectivity index (χ0n) is 15.8. The van der Waals surface area contributed by atoms with Crippen LogP contribution in [0.1, 0.15) is 39.2 Å². The maximum atomic E-state index is 12.5. The number of hydrogen-bond donors (Lipinski definition) is 1. The third-order valence-corrected chi connectivity index (χ3v) is 4.02. The highest BCUT2D eigenvalue weighted by molar-refractivity contribution is 6.03. The fraction of sp³-hybridized carbons (Fsp3) is 0.526. The molecule has 2 rings (SSSR count). The molecular formula is C19H27N3O4. The normalized spacial score (nSPS) is 17.2. The van der Waals surface area contributed by atoms with Gasteiger partial charge in [-0.05, 0) is 39.2 Å². The average Bonchev–Trinajstić information content (AvgIpc) is 2.80. The second-order valence-electron chi connectivity index (χ2n) is 7.43. The standard InChI is InChI=1S/C19H27N3O4/c1-19(2,3)26-18(25)22(13-14-9-6-5-7-10-14)12-8-11-15-16(23)21(4)17(24)20-15/h5-7,9-10,15H,8,11-13H2,1-4H3,(H,20,24). The molecule has 1 heterocycles. The molecule has 1 saturated heterocycles. The molecule has 142 valence electrons. The molecule has 0 saturated carbocycles. The SMILES string of the molecule is CN1C(=O)NC(CCCN(Cc2ccccc2)C(=O)OC(C)(C)C)C1=O. The molecule has 1 fully saturated rings. The smallest absolute Gasteiger partial charge is 0.410 e. The predicted octanol–water partition coefficient (Wildman–Crippen LogP) is 2.75. The summed E-state index contributed by atoms with van der Waals surface area (Å²) in [4.78, 5) is 38.7. The van der Waals surface area contributed by atoms with Crippen molar-refractivity contribution in [3.63, 3.8) is 0 Å². The lowest BCUT2D eigenvalue weighted by Crippen LogP contribution is -2.38. The number of nitrogens with zero attached hydrogens (tertiary/aromatic N) is 2. The van der Waals surface area contributed by atoms with E-state index in [0.29, 0.717) is 25.9 Å². The zero-order valence-corrected chi connectivity index (χ0v) is 15.8. The van der Waals surface area contributed by atoms with Crippen LogP contribution in [0, 0.1) is 0 Å². The van der Waals surface area contributed by atoms with Crippen LogP contribution in [0.5, 0.6) is 0 Å². The van der Waals surface area contributed by atoms with Gasteiger partial charge >= 0.3 is 12.1 Å². The molecule has 0 aliphatic carbocycles. The number of imide groups is 1. The van der Waals surface area contributed by atoms with Crippen LogP contribution in [0.2, 0.25) is 0 Å². The van der Waals surface area contributed by atoms with Crippen LogP contribution < -0.4 is 5.32 Å². The van der Waals surface area contributed by atoms with Crippen LogP contribution >= 0.6 is 0 Å². The highest BCUT2D eigenvalue weighted by Crippen LogP contribution is 2.15. The maximum Gasteiger partial charge on any atom is 0.410 e. The molecule has 1 unspecified atom stereocenters. The van der Waals surface area contributed by atoms with Crippen molar-refractivity contribution < 1.29 is 19.1 Å². The molecule has 0 radical (unpaired) electrons. The zero-order chi connectivity index (χ0) is 19.3. The molecule has 1 aromatic carbocycles. The minimum Gasteiger partial charge on any atom is -0.444 e. The summed E-state index contributed by atoms with van der Waals surface area (Å²) in [6.07, 6.45) is 0.667. The summed E-state index contributed by atoms with van der Waals surface area (Å²) < 4.78 is 5.49. The second-order valence-corrected chi connectivity index (χ2v) is 7.43. The van der Waals surface area contributed by atoms with E-state index in [4.69, 9.17) is 4.74 Å². The molecule has 4 amide bonds. The van der Waals surface area contributed by atoms with Gasteiger partial charge in [0.15, 0.2) is 0 Å². The Morgan fingerprint density at radius 3 is 2.42 bits per heavy atom. The number of carbonyl (C=O) groups is 3. The molecule has 1 atom stereocenters. The van der Waals surface area contributed by atoms with E-state index < -0.39 is 11.6 Å². The van der Waals surface area contributed by atoms with Crippen LogP contribution in [-0.4, -0.2) is 53.1 Å². The third-order valence-electron chi connectivity index (χ3n) is 4.02. The summed E-state index contributed by atoms with van der Waals surface area (Å²) >= 11 is 0. The Labute approximate surface area is 154 Å². The second kappa shape index (κ2) is 8.21. The van der Waals surface area contributed by atoms with Gasteiger partial charge in [0.1, 0.15) is 11.6 Å². The number of carbonyl (C=O) groups excluding carboxylic acids is 3. The number of rotatable bonds is 6. The van der Waals surface area contributed by atoms with Crippen LogP contribution in [0.4, 0.5) is 9.59 Å². The topological polar surface area (TPSA) is 79.0 Å². The van der Waals surface area contributed by atoms with Crippen molar-refractivity contribution in [1.29, 1.82) is 0 Å². The summed E-state index contributed by atoms with van der Waals surface area (Å²) in [6.45, 7) is 6.35. The van der Waals surface area contributed by atoms with Crippen LogP contribution in [-0.2, 0) is 16.1 Å². The van der Waals surface area contributed by atoms with Gasteiger partial charge in [0, 0.05) is 20.1 Å². The van der Waals surface area contributed by atoms with Gasteiger partial charge in [-0.25, -0.2) is 9.59 Å². The van der Waals surface area contributed by atoms with E-state index in [2.05, 4.69) is 5.32 Å². The molecular weight excluding hydrogens is 334 g/mol. The highest BCUT2D eigenvalue weighted by atomic mass is 16.6. The molecule has 1 N–H and O–H groups in total. The Morgan fingerprint density at radius 1 is 1.23 bits per heavy atom. The predicted molar refractivity (Wildman–Crippen MR) is 97.4 cm³/mol. The molecule has 0 spiro atoms. The lowest BCUT2D eigenvalue weighted by atomic mass is 10.1. The van der Waals surface area contributed by atoms with Crippen molar-refractivity contribution in [2.24, 2.45) is 0 Å². The van der Waals surface area contributed by atoms with E-state index in [1.807, 2.05) is 51.1 Å². The molecule has 0 aromatic heterocycles. The molecule has 0 bridgehead atoms. The lowest BCUT2D eigenvalue weighted by molar-refractivity contribution is -0.126. The number of benzene rings is 1. The van der Waals surface area contributed by atoms with Gasteiger partial charge in [0.25, 0.3) is 5.91 Å². The Morgan fingerprint density at radius 2 is 1.88 bits per heavy atom. The Hall–Kier alpha value is -2.57. The number of urea groups is 1. The van der Waals surface area contributed by atoms with Crippen LogP contribution in [0.15, 0.2) is 30.3 Å². The van der Waals surface area contributed by atoms with E-state index in [1.54, 1.807) is 4.90 Å². The van der Waals surface area contributed by atoms with E-state index in [9.17, 15) is 14.4 Å². The molecule has 26 heavy (non-hydrogen) atoms. The first-order chi connectivity index (χ1) is 12.2. The average molecular weight is 361 g/mol. The van der Waals surface area contributed by atoms with Gasteiger partial charge in [0.05, 0.1) is 0 Å². The van der Waals surface area contributed by atoms with Gasteiger partial charge in [-0.15, -0.1) is 0 Å². The first-order valence-corrected chi connectivity index (χ1v) is 8.77. The fourth-order valence-corrected chi connectivity index (χ4v) is 2.69. The van der Waals surface area contributed by atoms with Crippen molar-refractivity contribution in [1.82, 2.24) is 15.1 Å². The van der Waals surface area contributed by atoms with Crippen molar-refractivity contribution in [2.45, 2.75) is 51.8 Å². The summed E-state index contributed by atoms with van der Waals surface area (Å²) in [6, 6.07) is 8.76. The van der Waals surface area contributed by atoms with E-state index in [0.717, 1.165) is 10.5 Å². The Bertz CT molecular complexity index is 654. The monoisotopic (exact) mass is 361 g/mol. The third kappa shape index (κ3) is 5.47. The van der Waals surface area contributed by atoms with E-state index in [1.165, 1.54) is 7.05 Å². The van der Waals surface area contributed by atoms with Crippen LogP contribution in [0.3, 0.4) is 0 Å². The minimum atomic E-state index is -0.579. The summed E-state index contributed by atoms with van der Waals surface area (Å²) in [7, 11) is 1.46. The van der Waals surface area contributed by atoms with Crippen molar-refractivity contribution in [3.05, 3.63) is 35.9 Å². The largest absolute Gasteiger partial charge is 0.444 e. The number of likely N-dealkylation sites (N-methyl/N-ethyl adjacent to an activating group) is 1. The fourth-order valence-electron chi connectivity index (χ4n) is 2.69. The molecule has 7 heteroatoms.